The Labute approximate surface area is 255 Å². The van der Waals surface area contributed by atoms with E-state index in [1.165, 1.54) is 38.9 Å². The summed E-state index contributed by atoms with van der Waals surface area (Å²) < 4.78 is 0. The number of benzene rings is 5. The first kappa shape index (κ1) is 27.2. The van der Waals surface area contributed by atoms with Gasteiger partial charge in [-0.25, -0.2) is 0 Å². The number of allylic oxidation sites excluding steroid dienone is 1. The first-order valence-corrected chi connectivity index (χ1v) is 15.6. The Bertz CT molecular complexity index is 1780. The van der Waals surface area contributed by atoms with Crippen molar-refractivity contribution in [3.8, 4) is 0 Å². The number of anilines is 1. The SMILES string of the molecule is O=C(/C=C(\Nc1ccccc1)c1cc2ccc1CCc1ccc(cc1)CC2)c1cc2ccc1CCc1ccc(cc1)CC2. The van der Waals surface area contributed by atoms with Gasteiger partial charge in [0.25, 0.3) is 0 Å². The van der Waals surface area contributed by atoms with Crippen LogP contribution in [0.3, 0.4) is 0 Å². The third-order valence-corrected chi connectivity index (χ3v) is 9.05. The number of carbonyl (C=O) groups is 1. The van der Waals surface area contributed by atoms with E-state index in [1.54, 1.807) is 0 Å². The first-order chi connectivity index (χ1) is 21.2. The molecule has 5 aromatic carbocycles. The first-order valence-electron chi connectivity index (χ1n) is 15.6. The van der Waals surface area contributed by atoms with E-state index < -0.39 is 0 Å². The van der Waals surface area contributed by atoms with Crippen LogP contribution in [0, 0.1) is 0 Å². The molecule has 212 valence electrons. The quantitative estimate of drug-likeness (QED) is 0.172. The lowest BCUT2D eigenvalue weighted by Crippen LogP contribution is -2.10. The van der Waals surface area contributed by atoms with Crippen molar-refractivity contribution < 1.29 is 4.79 Å². The van der Waals surface area contributed by atoms with Crippen molar-refractivity contribution in [2.75, 3.05) is 5.32 Å². The molecule has 13 rings (SSSR count). The fourth-order valence-electron chi connectivity index (χ4n) is 6.42. The van der Waals surface area contributed by atoms with Gasteiger partial charge >= 0.3 is 0 Å². The minimum absolute atomic E-state index is 0.0635. The van der Waals surface area contributed by atoms with Crippen molar-refractivity contribution in [3.05, 3.63) is 177 Å². The van der Waals surface area contributed by atoms with E-state index in [0.29, 0.717) is 0 Å². The molecule has 0 aromatic heterocycles. The third-order valence-electron chi connectivity index (χ3n) is 9.05. The molecule has 0 amide bonds. The molecule has 8 aliphatic carbocycles. The average Bonchev–Trinajstić information content (AvgIpc) is 3.04. The standard InChI is InChI=1S/C41H37NO/c43-41(39-27-34-17-15-30-8-12-32(13-9-30)19-23-36(39)25-21-34)28-40(42-37-4-2-1-3-5-37)38-26-33-16-14-29-6-10-31(11-7-29)18-22-35(38)24-20-33/h1-13,20-21,24-28,42H,14-19,22-23H2/b40-28-. The smallest absolute Gasteiger partial charge is 0.188 e. The molecular weight excluding hydrogens is 522 g/mol. The summed E-state index contributed by atoms with van der Waals surface area (Å²) in [5.74, 6) is 0.0635. The highest BCUT2D eigenvalue weighted by atomic mass is 16.1. The molecule has 0 saturated heterocycles. The zero-order chi connectivity index (χ0) is 29.0. The highest BCUT2D eigenvalue weighted by molar-refractivity contribution is 6.10. The topological polar surface area (TPSA) is 29.1 Å². The van der Waals surface area contributed by atoms with Crippen LogP contribution in [0.1, 0.15) is 60.4 Å². The molecule has 0 aliphatic heterocycles. The summed E-state index contributed by atoms with van der Waals surface area (Å²) in [7, 11) is 0. The maximum absolute atomic E-state index is 14.3. The molecule has 8 bridgehead atoms. The van der Waals surface area contributed by atoms with Crippen LogP contribution >= 0.6 is 0 Å². The zero-order valence-corrected chi connectivity index (χ0v) is 24.6. The van der Waals surface area contributed by atoms with Crippen molar-refractivity contribution >= 4 is 17.2 Å². The maximum atomic E-state index is 14.3. The Morgan fingerprint density at radius 2 is 0.884 bits per heavy atom. The third kappa shape index (κ3) is 6.39. The second-order valence-electron chi connectivity index (χ2n) is 12.0. The van der Waals surface area contributed by atoms with E-state index in [-0.39, 0.29) is 5.78 Å². The van der Waals surface area contributed by atoms with Crippen LogP contribution in [-0.4, -0.2) is 5.78 Å². The highest BCUT2D eigenvalue weighted by Crippen LogP contribution is 2.28. The van der Waals surface area contributed by atoms with E-state index in [1.807, 2.05) is 24.3 Å². The number of para-hydroxylation sites is 1. The second-order valence-corrected chi connectivity index (χ2v) is 12.0. The van der Waals surface area contributed by atoms with Crippen LogP contribution in [0.15, 0.2) is 121 Å². The Morgan fingerprint density at radius 1 is 0.465 bits per heavy atom. The van der Waals surface area contributed by atoms with Crippen molar-refractivity contribution in [3.63, 3.8) is 0 Å². The Morgan fingerprint density at radius 3 is 1.42 bits per heavy atom. The molecule has 0 fully saturated rings. The van der Waals surface area contributed by atoms with Gasteiger partial charge in [-0.1, -0.05) is 91.0 Å². The van der Waals surface area contributed by atoms with Crippen molar-refractivity contribution in [2.24, 2.45) is 0 Å². The predicted molar refractivity (Wildman–Crippen MR) is 178 cm³/mol. The highest BCUT2D eigenvalue weighted by Gasteiger charge is 2.17. The van der Waals surface area contributed by atoms with Crippen LogP contribution in [0.4, 0.5) is 5.69 Å². The van der Waals surface area contributed by atoms with E-state index in [0.717, 1.165) is 79.4 Å². The molecule has 0 heterocycles. The van der Waals surface area contributed by atoms with E-state index in [2.05, 4.69) is 102 Å². The van der Waals surface area contributed by atoms with E-state index >= 15 is 0 Å². The lowest BCUT2D eigenvalue weighted by Gasteiger charge is -2.19. The fraction of sp³-hybridized carbons (Fsp3) is 0.195. The monoisotopic (exact) mass is 559 g/mol. The minimum atomic E-state index is 0.0635. The van der Waals surface area contributed by atoms with Crippen molar-refractivity contribution in [2.45, 2.75) is 51.4 Å². The molecule has 0 unspecified atom stereocenters. The van der Waals surface area contributed by atoms with E-state index in [4.69, 9.17) is 0 Å². The van der Waals surface area contributed by atoms with Gasteiger partial charge in [0.2, 0.25) is 0 Å². The molecule has 0 spiro atoms. The zero-order valence-electron chi connectivity index (χ0n) is 24.6. The van der Waals surface area contributed by atoms with Crippen LogP contribution in [-0.2, 0) is 51.4 Å². The van der Waals surface area contributed by atoms with Crippen LogP contribution < -0.4 is 5.32 Å². The summed E-state index contributed by atoms with van der Waals surface area (Å²) in [6.07, 6.45) is 9.36. The second kappa shape index (κ2) is 12.3. The number of hydrogen-bond donors (Lipinski definition) is 1. The molecule has 2 heteroatoms. The summed E-state index contributed by atoms with van der Waals surface area (Å²) in [6, 6.07) is 41.7. The minimum Gasteiger partial charge on any atom is -0.355 e. The number of ketones is 1. The van der Waals surface area contributed by atoms with Gasteiger partial charge in [-0.3, -0.25) is 4.79 Å². The number of hydrogen-bond acceptors (Lipinski definition) is 2. The molecule has 2 nitrogen and oxygen atoms in total. The molecular formula is C41H37NO. The number of rotatable bonds is 5. The lowest BCUT2D eigenvalue weighted by molar-refractivity contribution is 0.104. The molecule has 1 N–H and O–H groups in total. The van der Waals surface area contributed by atoms with Crippen molar-refractivity contribution in [1.82, 2.24) is 0 Å². The summed E-state index contributed by atoms with van der Waals surface area (Å²) in [4.78, 5) is 14.3. The van der Waals surface area contributed by atoms with Gasteiger partial charge in [0.1, 0.15) is 0 Å². The van der Waals surface area contributed by atoms with Crippen LogP contribution in [0.25, 0.3) is 5.70 Å². The average molecular weight is 560 g/mol. The largest absolute Gasteiger partial charge is 0.355 e. The Balaban J connectivity index is 1.29. The van der Waals surface area contributed by atoms with Crippen molar-refractivity contribution in [1.29, 1.82) is 0 Å². The predicted octanol–water partition coefficient (Wildman–Crippen LogP) is 8.79. The van der Waals surface area contributed by atoms with Gasteiger partial charge in [-0.15, -0.1) is 0 Å². The summed E-state index contributed by atoms with van der Waals surface area (Å²) in [5, 5.41) is 3.66. The van der Waals surface area contributed by atoms with Crippen LogP contribution in [0.5, 0.6) is 0 Å². The van der Waals surface area contributed by atoms with Gasteiger partial charge in [0.05, 0.1) is 0 Å². The van der Waals surface area contributed by atoms with Gasteiger partial charge in [0.15, 0.2) is 5.78 Å². The molecule has 8 aliphatic rings. The van der Waals surface area contributed by atoms with Gasteiger partial charge in [-0.05, 0) is 120 Å². The van der Waals surface area contributed by atoms with Crippen LogP contribution in [0.2, 0.25) is 0 Å². The molecule has 0 saturated carbocycles. The number of carbonyl (C=O) groups excluding carboxylic acids is 1. The summed E-state index contributed by atoms with van der Waals surface area (Å²) in [6.45, 7) is 0. The van der Waals surface area contributed by atoms with E-state index in [9.17, 15) is 4.79 Å². The molecule has 43 heavy (non-hydrogen) atoms. The number of nitrogens with one attached hydrogen (secondary N) is 1. The molecule has 0 radical (unpaired) electrons. The van der Waals surface area contributed by atoms with Gasteiger partial charge in [0, 0.05) is 28.6 Å². The fourth-order valence-corrected chi connectivity index (χ4v) is 6.42. The van der Waals surface area contributed by atoms with Gasteiger partial charge < -0.3 is 5.32 Å². The number of aryl methyl sites for hydroxylation is 8. The molecule has 5 aromatic rings. The lowest BCUT2D eigenvalue weighted by atomic mass is 9.90. The maximum Gasteiger partial charge on any atom is 0.188 e. The Hall–Kier alpha value is -4.69. The van der Waals surface area contributed by atoms with Gasteiger partial charge in [-0.2, -0.15) is 0 Å². The Kier molecular flexibility index (Phi) is 7.75. The normalized spacial score (nSPS) is 14.5. The summed E-state index contributed by atoms with van der Waals surface area (Å²) in [5.41, 5.74) is 14.1. The summed E-state index contributed by atoms with van der Waals surface area (Å²) >= 11 is 0. The molecule has 0 atom stereocenters.